The van der Waals surface area contributed by atoms with Gasteiger partial charge in [-0.05, 0) is 37.1 Å². The van der Waals surface area contributed by atoms with E-state index in [1.807, 2.05) is 0 Å². The summed E-state index contributed by atoms with van der Waals surface area (Å²) in [6.07, 6.45) is -3.35. The fourth-order valence-electron chi connectivity index (χ4n) is 1.48. The van der Waals surface area contributed by atoms with Crippen molar-refractivity contribution in [1.82, 2.24) is 0 Å². The first-order valence-electron chi connectivity index (χ1n) is 5.31. The standard InChI is InChI=1S/C12H9F3O3/c13-12(14,15)18-9-5-3-8(4-6-9)11(17)10(16)7-1-2-7/h3-7H,1-2H2. The van der Waals surface area contributed by atoms with Crippen molar-refractivity contribution in [2.45, 2.75) is 19.2 Å². The number of carbonyl (C=O) groups is 2. The molecule has 3 nitrogen and oxygen atoms in total. The highest BCUT2D eigenvalue weighted by Gasteiger charge is 2.35. The van der Waals surface area contributed by atoms with Gasteiger partial charge in [0.05, 0.1) is 0 Å². The van der Waals surface area contributed by atoms with E-state index in [1.54, 1.807) is 0 Å². The minimum absolute atomic E-state index is 0.0847. The van der Waals surface area contributed by atoms with E-state index in [9.17, 15) is 22.8 Å². The number of hydrogen-bond acceptors (Lipinski definition) is 3. The molecule has 6 heteroatoms. The van der Waals surface area contributed by atoms with Crippen molar-refractivity contribution in [2.75, 3.05) is 0 Å². The van der Waals surface area contributed by atoms with Gasteiger partial charge in [0.15, 0.2) is 0 Å². The van der Waals surface area contributed by atoms with Gasteiger partial charge in [-0.25, -0.2) is 0 Å². The third-order valence-corrected chi connectivity index (χ3v) is 2.52. The predicted octanol–water partition coefficient (Wildman–Crippen LogP) is 2.75. The van der Waals surface area contributed by atoms with Crippen molar-refractivity contribution in [3.8, 4) is 5.75 Å². The van der Waals surface area contributed by atoms with E-state index >= 15 is 0 Å². The highest BCUT2D eigenvalue weighted by Crippen LogP contribution is 2.31. The highest BCUT2D eigenvalue weighted by molar-refractivity contribution is 6.44. The molecule has 1 fully saturated rings. The molecule has 0 bridgehead atoms. The smallest absolute Gasteiger partial charge is 0.406 e. The summed E-state index contributed by atoms with van der Waals surface area (Å²) in [5.41, 5.74) is 0.0847. The Morgan fingerprint density at radius 2 is 1.67 bits per heavy atom. The van der Waals surface area contributed by atoms with Crippen LogP contribution in [0.4, 0.5) is 13.2 Å². The number of halogens is 3. The Balaban J connectivity index is 2.07. The van der Waals surface area contributed by atoms with Crippen LogP contribution in [-0.2, 0) is 4.79 Å². The lowest BCUT2D eigenvalue weighted by molar-refractivity contribution is -0.274. The first kappa shape index (κ1) is 12.6. The molecular formula is C12H9F3O3. The Labute approximate surface area is 101 Å². The average Bonchev–Trinajstić information content (AvgIpc) is 3.10. The molecule has 1 saturated carbocycles. The van der Waals surface area contributed by atoms with Gasteiger partial charge < -0.3 is 4.74 Å². The van der Waals surface area contributed by atoms with Crippen molar-refractivity contribution in [2.24, 2.45) is 5.92 Å². The lowest BCUT2D eigenvalue weighted by Gasteiger charge is -2.08. The third kappa shape index (κ3) is 3.09. The molecule has 0 N–H and O–H groups in total. The largest absolute Gasteiger partial charge is 0.573 e. The fourth-order valence-corrected chi connectivity index (χ4v) is 1.48. The van der Waals surface area contributed by atoms with Crippen molar-refractivity contribution >= 4 is 11.6 Å². The average molecular weight is 258 g/mol. The van der Waals surface area contributed by atoms with Crippen LogP contribution in [0.5, 0.6) is 5.75 Å². The number of ether oxygens (including phenoxy) is 1. The Kier molecular flexibility index (Phi) is 3.11. The van der Waals surface area contributed by atoms with Crippen molar-refractivity contribution in [1.29, 1.82) is 0 Å². The van der Waals surface area contributed by atoms with Crippen LogP contribution in [0.2, 0.25) is 0 Å². The minimum atomic E-state index is -4.77. The zero-order valence-corrected chi connectivity index (χ0v) is 9.16. The summed E-state index contributed by atoms with van der Waals surface area (Å²) in [6, 6.07) is 4.34. The minimum Gasteiger partial charge on any atom is -0.406 e. The van der Waals surface area contributed by atoms with Gasteiger partial charge in [0.25, 0.3) is 0 Å². The topological polar surface area (TPSA) is 43.4 Å². The van der Waals surface area contributed by atoms with Crippen LogP contribution in [0.1, 0.15) is 23.2 Å². The quantitative estimate of drug-likeness (QED) is 0.616. The predicted molar refractivity (Wildman–Crippen MR) is 55.2 cm³/mol. The SMILES string of the molecule is O=C(C(=O)C1CC1)c1ccc(OC(F)(F)F)cc1. The zero-order valence-electron chi connectivity index (χ0n) is 9.16. The van der Waals surface area contributed by atoms with Crippen LogP contribution >= 0.6 is 0 Å². The molecule has 96 valence electrons. The van der Waals surface area contributed by atoms with E-state index in [0.717, 1.165) is 24.3 Å². The second-order valence-electron chi connectivity index (χ2n) is 4.04. The summed E-state index contributed by atoms with van der Waals surface area (Å²) in [4.78, 5) is 23.1. The Hall–Kier alpha value is -1.85. The summed E-state index contributed by atoms with van der Waals surface area (Å²) in [5.74, 6) is -1.75. The van der Waals surface area contributed by atoms with Gasteiger partial charge in [0.1, 0.15) is 5.75 Å². The lowest BCUT2D eigenvalue weighted by atomic mass is 10.0. The van der Waals surface area contributed by atoms with Gasteiger partial charge in [0.2, 0.25) is 11.6 Å². The Morgan fingerprint density at radius 1 is 1.11 bits per heavy atom. The molecule has 0 aliphatic heterocycles. The third-order valence-electron chi connectivity index (χ3n) is 2.52. The van der Waals surface area contributed by atoms with Crippen LogP contribution in [0.3, 0.4) is 0 Å². The number of alkyl halides is 3. The zero-order chi connectivity index (χ0) is 13.3. The number of carbonyl (C=O) groups excluding carboxylic acids is 2. The molecule has 1 aliphatic rings. The second kappa shape index (κ2) is 4.44. The molecule has 0 aromatic heterocycles. The van der Waals surface area contributed by atoms with Gasteiger partial charge >= 0.3 is 6.36 Å². The molecule has 1 aromatic rings. The number of ketones is 2. The monoisotopic (exact) mass is 258 g/mol. The summed E-state index contributed by atoms with van der Waals surface area (Å²) in [7, 11) is 0. The van der Waals surface area contributed by atoms with E-state index in [2.05, 4.69) is 4.74 Å². The van der Waals surface area contributed by atoms with Crippen molar-refractivity contribution in [3.63, 3.8) is 0 Å². The van der Waals surface area contributed by atoms with Crippen LogP contribution in [0.25, 0.3) is 0 Å². The first-order valence-corrected chi connectivity index (χ1v) is 5.31. The normalized spacial score (nSPS) is 15.3. The lowest BCUT2D eigenvalue weighted by Crippen LogP contribution is -2.18. The second-order valence-corrected chi connectivity index (χ2v) is 4.04. The number of Topliss-reactive ketones (excluding diaryl/α,β-unsaturated/α-hetero) is 2. The molecule has 0 spiro atoms. The molecule has 2 rings (SSSR count). The van der Waals surface area contributed by atoms with E-state index in [-0.39, 0.29) is 11.5 Å². The first-order chi connectivity index (χ1) is 8.37. The van der Waals surface area contributed by atoms with Gasteiger partial charge in [-0.3, -0.25) is 9.59 Å². The van der Waals surface area contributed by atoms with Gasteiger partial charge in [-0.15, -0.1) is 13.2 Å². The molecule has 1 aliphatic carbocycles. The Morgan fingerprint density at radius 3 is 2.11 bits per heavy atom. The molecule has 18 heavy (non-hydrogen) atoms. The summed E-state index contributed by atoms with van der Waals surface area (Å²) in [5, 5.41) is 0. The number of rotatable bonds is 4. The van der Waals surface area contributed by atoms with Gasteiger partial charge in [0, 0.05) is 11.5 Å². The summed E-state index contributed by atoms with van der Waals surface area (Å²) >= 11 is 0. The maximum Gasteiger partial charge on any atom is 0.573 e. The van der Waals surface area contributed by atoms with Crippen LogP contribution in [0, 0.1) is 5.92 Å². The highest BCUT2D eigenvalue weighted by atomic mass is 19.4. The van der Waals surface area contributed by atoms with E-state index in [4.69, 9.17) is 0 Å². The summed E-state index contributed by atoms with van der Waals surface area (Å²) in [6.45, 7) is 0. The molecule has 1 aromatic carbocycles. The number of benzene rings is 1. The van der Waals surface area contributed by atoms with Crippen molar-refractivity contribution < 1.29 is 27.5 Å². The summed E-state index contributed by atoms with van der Waals surface area (Å²) < 4.78 is 39.4. The number of hydrogen-bond donors (Lipinski definition) is 0. The van der Waals surface area contributed by atoms with Crippen LogP contribution in [-0.4, -0.2) is 17.9 Å². The van der Waals surface area contributed by atoms with E-state index < -0.39 is 23.7 Å². The molecular weight excluding hydrogens is 249 g/mol. The fraction of sp³-hybridized carbons (Fsp3) is 0.333. The molecule has 0 saturated heterocycles. The van der Waals surface area contributed by atoms with Crippen LogP contribution in [0.15, 0.2) is 24.3 Å². The van der Waals surface area contributed by atoms with Crippen molar-refractivity contribution in [3.05, 3.63) is 29.8 Å². The van der Waals surface area contributed by atoms with E-state index in [0.29, 0.717) is 12.8 Å². The van der Waals surface area contributed by atoms with E-state index in [1.165, 1.54) is 0 Å². The maximum atomic E-state index is 11.9. The molecule has 0 heterocycles. The molecule has 0 unspecified atom stereocenters. The molecule has 0 amide bonds. The van der Waals surface area contributed by atoms with Gasteiger partial charge in [-0.2, -0.15) is 0 Å². The Bertz CT molecular complexity index is 472. The maximum absolute atomic E-state index is 11.9. The molecule has 0 atom stereocenters. The van der Waals surface area contributed by atoms with Gasteiger partial charge in [-0.1, -0.05) is 0 Å². The molecule has 0 radical (unpaired) electrons. The van der Waals surface area contributed by atoms with Crippen LogP contribution < -0.4 is 4.74 Å².